The summed E-state index contributed by atoms with van der Waals surface area (Å²) >= 11 is 6.12. The second kappa shape index (κ2) is 7.25. The van der Waals surface area contributed by atoms with Gasteiger partial charge in [-0.15, -0.1) is 0 Å². The molecule has 0 spiro atoms. The molecular formula is C20H17ClN4O2. The van der Waals surface area contributed by atoms with Crippen LogP contribution < -0.4 is 15.0 Å². The van der Waals surface area contributed by atoms with Crippen molar-refractivity contribution < 1.29 is 9.53 Å². The summed E-state index contributed by atoms with van der Waals surface area (Å²) in [6.07, 6.45) is 3.26. The predicted octanol–water partition coefficient (Wildman–Crippen LogP) is 4.54. The minimum absolute atomic E-state index is 0.263. The van der Waals surface area contributed by atoms with Crippen molar-refractivity contribution in [1.29, 1.82) is 0 Å². The average molecular weight is 381 g/mol. The Morgan fingerprint density at radius 2 is 2.04 bits per heavy atom. The van der Waals surface area contributed by atoms with Gasteiger partial charge in [0.05, 0.1) is 12.2 Å². The van der Waals surface area contributed by atoms with Crippen LogP contribution in [0.4, 0.5) is 16.3 Å². The van der Waals surface area contributed by atoms with E-state index in [1.165, 1.54) is 0 Å². The summed E-state index contributed by atoms with van der Waals surface area (Å²) in [4.78, 5) is 23.1. The van der Waals surface area contributed by atoms with E-state index in [9.17, 15) is 4.79 Å². The Hall–Kier alpha value is -3.12. The van der Waals surface area contributed by atoms with Gasteiger partial charge in [0.1, 0.15) is 6.61 Å². The van der Waals surface area contributed by atoms with Crippen LogP contribution in [-0.4, -0.2) is 29.2 Å². The van der Waals surface area contributed by atoms with Gasteiger partial charge < -0.3 is 10.1 Å². The number of aromatic nitrogens is 2. The number of benzene rings is 1. The van der Waals surface area contributed by atoms with E-state index in [1.54, 1.807) is 29.4 Å². The number of nitrogens with one attached hydrogen (secondary N) is 1. The maximum atomic E-state index is 12.8. The fourth-order valence-corrected chi connectivity index (χ4v) is 3.16. The standard InChI is InChI=1S/C20H17ClN4O2/c1-13-11-17(14-3-2-4-15(21)12-14)24-19-18(13)27-10-9-25(19)20(26)23-16-5-7-22-8-6-16/h2-8,11-12H,9-10H2,1H3,(H,22,23,26). The number of urea groups is 1. The summed E-state index contributed by atoms with van der Waals surface area (Å²) in [5.41, 5.74) is 3.21. The third kappa shape index (κ3) is 3.57. The van der Waals surface area contributed by atoms with E-state index in [0.717, 1.165) is 16.8 Å². The third-order valence-electron chi connectivity index (χ3n) is 4.25. The number of halogens is 1. The predicted molar refractivity (Wildman–Crippen MR) is 106 cm³/mol. The van der Waals surface area contributed by atoms with Crippen LogP contribution >= 0.6 is 11.6 Å². The molecule has 2 aromatic heterocycles. The van der Waals surface area contributed by atoms with Gasteiger partial charge in [-0.25, -0.2) is 9.78 Å². The van der Waals surface area contributed by atoms with Crippen molar-refractivity contribution in [1.82, 2.24) is 9.97 Å². The Morgan fingerprint density at radius 3 is 2.81 bits per heavy atom. The van der Waals surface area contributed by atoms with Crippen LogP contribution in [0.2, 0.25) is 5.02 Å². The van der Waals surface area contributed by atoms with Gasteiger partial charge in [-0.05, 0) is 42.8 Å². The lowest BCUT2D eigenvalue weighted by atomic mass is 10.1. The molecule has 3 heterocycles. The largest absolute Gasteiger partial charge is 0.488 e. The number of carbonyl (C=O) groups is 1. The quantitative estimate of drug-likeness (QED) is 0.708. The summed E-state index contributed by atoms with van der Waals surface area (Å²) in [6, 6.07) is 12.6. The third-order valence-corrected chi connectivity index (χ3v) is 4.49. The molecule has 1 aliphatic heterocycles. The lowest BCUT2D eigenvalue weighted by Gasteiger charge is -2.30. The van der Waals surface area contributed by atoms with Crippen molar-refractivity contribution in [3.8, 4) is 17.0 Å². The molecule has 0 unspecified atom stereocenters. The number of carbonyl (C=O) groups excluding carboxylic acids is 1. The number of rotatable bonds is 2. The van der Waals surface area contributed by atoms with Crippen LogP contribution in [-0.2, 0) is 0 Å². The number of hydrogen-bond acceptors (Lipinski definition) is 4. The Bertz CT molecular complexity index is 995. The van der Waals surface area contributed by atoms with Crippen molar-refractivity contribution in [3.63, 3.8) is 0 Å². The van der Waals surface area contributed by atoms with E-state index in [0.29, 0.717) is 35.4 Å². The normalized spacial score (nSPS) is 12.9. The number of aryl methyl sites for hydroxylation is 1. The van der Waals surface area contributed by atoms with Crippen molar-refractivity contribution in [2.75, 3.05) is 23.4 Å². The zero-order valence-electron chi connectivity index (χ0n) is 14.6. The molecule has 0 atom stereocenters. The van der Waals surface area contributed by atoms with Crippen molar-refractivity contribution in [3.05, 3.63) is 65.4 Å². The summed E-state index contributed by atoms with van der Waals surface area (Å²) in [7, 11) is 0. The Morgan fingerprint density at radius 1 is 1.22 bits per heavy atom. The first-order valence-corrected chi connectivity index (χ1v) is 8.88. The van der Waals surface area contributed by atoms with Crippen LogP contribution in [0.15, 0.2) is 54.9 Å². The lowest BCUT2D eigenvalue weighted by Crippen LogP contribution is -2.41. The highest BCUT2D eigenvalue weighted by Crippen LogP contribution is 2.36. The van der Waals surface area contributed by atoms with Crippen LogP contribution in [0.25, 0.3) is 11.3 Å². The van der Waals surface area contributed by atoms with Crippen molar-refractivity contribution in [2.45, 2.75) is 6.92 Å². The Balaban J connectivity index is 1.71. The molecule has 0 saturated carbocycles. The molecule has 1 aromatic carbocycles. The highest BCUT2D eigenvalue weighted by Gasteiger charge is 2.27. The van der Waals surface area contributed by atoms with Crippen LogP contribution in [0, 0.1) is 6.92 Å². The number of pyridine rings is 2. The van der Waals surface area contributed by atoms with Gasteiger partial charge in [-0.1, -0.05) is 23.7 Å². The average Bonchev–Trinajstić information content (AvgIpc) is 2.68. The van der Waals surface area contributed by atoms with Crippen LogP contribution in [0.1, 0.15) is 5.56 Å². The first kappa shape index (κ1) is 17.3. The van der Waals surface area contributed by atoms with E-state index in [-0.39, 0.29) is 6.03 Å². The molecule has 1 aliphatic rings. The number of anilines is 2. The highest BCUT2D eigenvalue weighted by molar-refractivity contribution is 6.30. The molecule has 0 fully saturated rings. The second-order valence-corrected chi connectivity index (χ2v) is 6.59. The monoisotopic (exact) mass is 380 g/mol. The molecular weight excluding hydrogens is 364 g/mol. The number of nitrogens with zero attached hydrogens (tertiary/aromatic N) is 3. The smallest absolute Gasteiger partial charge is 0.327 e. The highest BCUT2D eigenvalue weighted by atomic mass is 35.5. The number of ether oxygens (including phenoxy) is 1. The van der Waals surface area contributed by atoms with Gasteiger partial charge >= 0.3 is 6.03 Å². The number of amides is 2. The SMILES string of the molecule is Cc1cc(-c2cccc(Cl)c2)nc2c1OCCN2C(=O)Nc1ccncc1. The molecule has 3 aromatic rings. The molecule has 0 bridgehead atoms. The van der Waals surface area contributed by atoms with E-state index in [2.05, 4.69) is 10.3 Å². The molecule has 27 heavy (non-hydrogen) atoms. The Kier molecular flexibility index (Phi) is 4.64. The Labute approximate surface area is 161 Å². The second-order valence-electron chi connectivity index (χ2n) is 6.15. The number of hydrogen-bond donors (Lipinski definition) is 1. The maximum absolute atomic E-state index is 12.8. The lowest BCUT2D eigenvalue weighted by molar-refractivity contribution is 0.249. The minimum atomic E-state index is -0.263. The van der Waals surface area contributed by atoms with E-state index in [1.807, 2.05) is 37.3 Å². The van der Waals surface area contributed by atoms with E-state index in [4.69, 9.17) is 21.3 Å². The number of fused-ring (bicyclic) bond motifs is 1. The van der Waals surface area contributed by atoms with E-state index >= 15 is 0 Å². The van der Waals surface area contributed by atoms with Gasteiger partial charge in [0, 0.05) is 28.7 Å². The summed E-state index contributed by atoms with van der Waals surface area (Å²) in [5.74, 6) is 1.12. The van der Waals surface area contributed by atoms with Gasteiger partial charge in [0.25, 0.3) is 0 Å². The molecule has 1 N–H and O–H groups in total. The molecule has 6 nitrogen and oxygen atoms in total. The molecule has 136 valence electrons. The molecule has 0 radical (unpaired) electrons. The van der Waals surface area contributed by atoms with Crippen LogP contribution in [0.5, 0.6) is 5.75 Å². The molecule has 2 amide bonds. The first-order valence-electron chi connectivity index (χ1n) is 8.51. The maximum Gasteiger partial charge on any atom is 0.327 e. The zero-order chi connectivity index (χ0) is 18.8. The van der Waals surface area contributed by atoms with Crippen LogP contribution in [0.3, 0.4) is 0 Å². The van der Waals surface area contributed by atoms with E-state index < -0.39 is 0 Å². The van der Waals surface area contributed by atoms with Crippen molar-refractivity contribution in [2.24, 2.45) is 0 Å². The molecule has 0 aliphatic carbocycles. The fraction of sp³-hybridized carbons (Fsp3) is 0.150. The first-order chi connectivity index (χ1) is 13.1. The topological polar surface area (TPSA) is 67.3 Å². The fourth-order valence-electron chi connectivity index (χ4n) is 2.97. The molecule has 7 heteroatoms. The minimum Gasteiger partial charge on any atom is -0.488 e. The van der Waals surface area contributed by atoms with Gasteiger partial charge in [-0.3, -0.25) is 9.88 Å². The molecule has 4 rings (SSSR count). The molecule has 0 saturated heterocycles. The van der Waals surface area contributed by atoms with Gasteiger partial charge in [0.15, 0.2) is 11.6 Å². The summed E-state index contributed by atoms with van der Waals surface area (Å²) in [5, 5.41) is 3.50. The summed E-state index contributed by atoms with van der Waals surface area (Å²) < 4.78 is 5.78. The summed E-state index contributed by atoms with van der Waals surface area (Å²) in [6.45, 7) is 2.77. The van der Waals surface area contributed by atoms with Gasteiger partial charge in [0.2, 0.25) is 0 Å². The van der Waals surface area contributed by atoms with Gasteiger partial charge in [-0.2, -0.15) is 0 Å². The zero-order valence-corrected chi connectivity index (χ0v) is 15.4. The van der Waals surface area contributed by atoms with Crippen molar-refractivity contribution >= 4 is 29.1 Å².